The summed E-state index contributed by atoms with van der Waals surface area (Å²) in [7, 11) is 1.63. The molecule has 0 saturated carbocycles. The molecule has 0 unspecified atom stereocenters. The molecule has 0 saturated heterocycles. The van der Waals surface area contributed by atoms with Gasteiger partial charge in [0.25, 0.3) is 0 Å². The van der Waals surface area contributed by atoms with Crippen LogP contribution < -0.4 is 15.8 Å². The van der Waals surface area contributed by atoms with Crippen molar-refractivity contribution >= 4 is 17.3 Å². The molecule has 112 valence electrons. The van der Waals surface area contributed by atoms with Crippen LogP contribution in [0, 0.1) is 0 Å². The molecule has 0 bridgehead atoms. The van der Waals surface area contributed by atoms with Crippen LogP contribution in [0.5, 0.6) is 5.75 Å². The lowest BCUT2D eigenvalue weighted by Gasteiger charge is -2.06. The molecule has 1 aromatic carbocycles. The van der Waals surface area contributed by atoms with Crippen molar-refractivity contribution in [3.63, 3.8) is 0 Å². The molecule has 0 spiro atoms. The number of aromatic nitrogens is 2. The highest BCUT2D eigenvalue weighted by molar-refractivity contribution is 5.92. The predicted molar refractivity (Wildman–Crippen MR) is 87.1 cm³/mol. The molecule has 2 aromatic heterocycles. The number of nitrogens with zero attached hydrogens (tertiary/aromatic N) is 3. The predicted octanol–water partition coefficient (Wildman–Crippen LogP) is 2.27. The molecular formula is C16H17N5O. The van der Waals surface area contributed by atoms with Crippen molar-refractivity contribution in [2.75, 3.05) is 12.4 Å². The minimum Gasteiger partial charge on any atom is -0.497 e. The van der Waals surface area contributed by atoms with Crippen molar-refractivity contribution in [1.82, 2.24) is 9.38 Å². The normalized spacial score (nSPS) is 11.6. The number of methoxy groups -OCH3 is 1. The van der Waals surface area contributed by atoms with Crippen molar-refractivity contribution in [2.24, 2.45) is 10.7 Å². The number of aliphatic imine (C=N–C) groups is 1. The summed E-state index contributed by atoms with van der Waals surface area (Å²) >= 11 is 0. The maximum absolute atomic E-state index is 5.89. The third-order valence-corrected chi connectivity index (χ3v) is 3.19. The van der Waals surface area contributed by atoms with Gasteiger partial charge in [-0.05, 0) is 36.4 Å². The van der Waals surface area contributed by atoms with Gasteiger partial charge in [-0.25, -0.2) is 9.98 Å². The van der Waals surface area contributed by atoms with Gasteiger partial charge in [-0.2, -0.15) is 0 Å². The maximum atomic E-state index is 5.89. The number of nitrogens with one attached hydrogen (secondary N) is 1. The fraction of sp³-hybridized carbons (Fsp3) is 0.125. The number of fused-ring (bicyclic) bond motifs is 1. The number of pyridine rings is 1. The minimum atomic E-state index is 0.349. The number of hydrogen-bond donors (Lipinski definition) is 2. The summed E-state index contributed by atoms with van der Waals surface area (Å²) in [4.78, 5) is 8.77. The average molecular weight is 295 g/mol. The number of nitrogens with two attached hydrogens (primary N) is 1. The van der Waals surface area contributed by atoms with Crippen LogP contribution in [0.2, 0.25) is 0 Å². The third kappa shape index (κ3) is 3.17. The Labute approximate surface area is 128 Å². The second-order valence-electron chi connectivity index (χ2n) is 4.75. The Morgan fingerprint density at radius 1 is 1.27 bits per heavy atom. The van der Waals surface area contributed by atoms with Gasteiger partial charge in [0.2, 0.25) is 0 Å². The topological polar surface area (TPSA) is 76.9 Å². The van der Waals surface area contributed by atoms with E-state index in [9.17, 15) is 0 Å². The summed E-state index contributed by atoms with van der Waals surface area (Å²) in [5, 5.41) is 3.03. The second-order valence-corrected chi connectivity index (χ2v) is 4.75. The summed E-state index contributed by atoms with van der Waals surface area (Å²) in [6, 6.07) is 13.3. The Morgan fingerprint density at radius 2 is 2.09 bits per heavy atom. The van der Waals surface area contributed by atoms with Gasteiger partial charge in [-0.3, -0.25) is 0 Å². The number of guanidine groups is 1. The van der Waals surface area contributed by atoms with Crippen molar-refractivity contribution < 1.29 is 4.74 Å². The molecule has 0 amide bonds. The van der Waals surface area contributed by atoms with Crippen LogP contribution in [-0.2, 0) is 6.54 Å². The Bertz CT molecular complexity index is 759. The highest BCUT2D eigenvalue weighted by Crippen LogP contribution is 2.14. The summed E-state index contributed by atoms with van der Waals surface area (Å²) in [5.41, 5.74) is 8.51. The Kier molecular flexibility index (Phi) is 3.91. The van der Waals surface area contributed by atoms with Gasteiger partial charge in [0.1, 0.15) is 11.4 Å². The molecular weight excluding hydrogens is 278 g/mol. The van der Waals surface area contributed by atoms with Gasteiger partial charge in [0, 0.05) is 18.1 Å². The van der Waals surface area contributed by atoms with Crippen molar-refractivity contribution in [2.45, 2.75) is 6.54 Å². The van der Waals surface area contributed by atoms with E-state index in [1.54, 1.807) is 7.11 Å². The van der Waals surface area contributed by atoms with Crippen LogP contribution in [0.25, 0.3) is 5.65 Å². The maximum Gasteiger partial charge on any atom is 0.193 e. The number of anilines is 1. The Hall–Kier alpha value is -3.02. The summed E-state index contributed by atoms with van der Waals surface area (Å²) in [5.74, 6) is 1.15. The van der Waals surface area contributed by atoms with E-state index in [2.05, 4.69) is 15.3 Å². The van der Waals surface area contributed by atoms with Crippen molar-refractivity contribution in [3.8, 4) is 5.75 Å². The van der Waals surface area contributed by atoms with E-state index in [4.69, 9.17) is 10.5 Å². The molecule has 2 heterocycles. The first-order chi connectivity index (χ1) is 10.7. The van der Waals surface area contributed by atoms with Crippen LogP contribution >= 0.6 is 0 Å². The number of ether oxygens (including phenoxy) is 1. The number of imidazole rings is 1. The highest BCUT2D eigenvalue weighted by atomic mass is 16.5. The van der Waals surface area contributed by atoms with E-state index >= 15 is 0 Å². The zero-order valence-corrected chi connectivity index (χ0v) is 12.2. The summed E-state index contributed by atoms with van der Waals surface area (Å²) in [6.07, 6.45) is 3.90. The van der Waals surface area contributed by atoms with Crippen LogP contribution in [0.3, 0.4) is 0 Å². The smallest absolute Gasteiger partial charge is 0.193 e. The molecule has 22 heavy (non-hydrogen) atoms. The average Bonchev–Trinajstić information content (AvgIpc) is 2.96. The zero-order valence-electron chi connectivity index (χ0n) is 12.2. The van der Waals surface area contributed by atoms with Gasteiger partial charge in [0.15, 0.2) is 5.96 Å². The number of rotatable bonds is 4. The fourth-order valence-electron chi connectivity index (χ4n) is 2.09. The van der Waals surface area contributed by atoms with E-state index in [0.717, 1.165) is 22.8 Å². The zero-order chi connectivity index (χ0) is 15.4. The Balaban J connectivity index is 1.66. The molecule has 6 nitrogen and oxygen atoms in total. The van der Waals surface area contributed by atoms with E-state index < -0.39 is 0 Å². The van der Waals surface area contributed by atoms with Crippen LogP contribution in [0.15, 0.2) is 59.9 Å². The molecule has 0 atom stereocenters. The molecule has 0 aliphatic heterocycles. The van der Waals surface area contributed by atoms with Crippen molar-refractivity contribution in [1.29, 1.82) is 0 Å². The summed E-state index contributed by atoms with van der Waals surface area (Å²) in [6.45, 7) is 0.427. The van der Waals surface area contributed by atoms with Gasteiger partial charge >= 0.3 is 0 Å². The van der Waals surface area contributed by atoms with Gasteiger partial charge < -0.3 is 20.2 Å². The number of benzene rings is 1. The van der Waals surface area contributed by atoms with Gasteiger partial charge in [-0.15, -0.1) is 0 Å². The monoisotopic (exact) mass is 295 g/mol. The molecule has 0 aliphatic rings. The molecule has 0 radical (unpaired) electrons. The first-order valence-corrected chi connectivity index (χ1v) is 6.88. The minimum absolute atomic E-state index is 0.349. The molecule has 6 heteroatoms. The molecule has 3 N–H and O–H groups in total. The lowest BCUT2D eigenvalue weighted by Crippen LogP contribution is -2.22. The van der Waals surface area contributed by atoms with Crippen LogP contribution in [0.4, 0.5) is 5.69 Å². The fourth-order valence-corrected chi connectivity index (χ4v) is 2.09. The molecule has 0 fully saturated rings. The lowest BCUT2D eigenvalue weighted by molar-refractivity contribution is 0.415. The third-order valence-electron chi connectivity index (χ3n) is 3.19. The van der Waals surface area contributed by atoms with E-state index in [-0.39, 0.29) is 0 Å². The van der Waals surface area contributed by atoms with E-state index in [1.165, 1.54) is 0 Å². The Morgan fingerprint density at radius 3 is 2.82 bits per heavy atom. The second kappa shape index (κ2) is 6.17. The summed E-state index contributed by atoms with van der Waals surface area (Å²) < 4.78 is 7.06. The van der Waals surface area contributed by atoms with Gasteiger partial charge in [-0.1, -0.05) is 6.07 Å². The highest BCUT2D eigenvalue weighted by Gasteiger charge is 2.01. The van der Waals surface area contributed by atoms with Crippen molar-refractivity contribution in [3.05, 3.63) is 60.6 Å². The van der Waals surface area contributed by atoms with Crippen LogP contribution in [0.1, 0.15) is 5.69 Å². The first kappa shape index (κ1) is 13.9. The van der Waals surface area contributed by atoms with Gasteiger partial charge in [0.05, 0.1) is 19.3 Å². The lowest BCUT2D eigenvalue weighted by atomic mass is 10.3. The SMILES string of the molecule is COc1ccc(NC(N)=NCc2cn3ccccc3n2)cc1. The number of hydrogen-bond acceptors (Lipinski definition) is 3. The first-order valence-electron chi connectivity index (χ1n) is 6.88. The van der Waals surface area contributed by atoms with E-state index in [0.29, 0.717) is 12.5 Å². The quantitative estimate of drug-likeness (QED) is 0.572. The van der Waals surface area contributed by atoms with E-state index in [1.807, 2.05) is 59.3 Å². The standard InChI is InChI=1S/C16H17N5O/c1-22-14-7-5-12(6-8-14)20-16(17)18-10-13-11-21-9-3-2-4-15(21)19-13/h2-9,11H,10H2,1H3,(H3,17,18,20). The molecule has 3 rings (SSSR count). The van der Waals surface area contributed by atoms with Crippen LogP contribution in [-0.4, -0.2) is 22.5 Å². The molecule has 0 aliphatic carbocycles. The molecule has 3 aromatic rings. The largest absolute Gasteiger partial charge is 0.497 e.